The van der Waals surface area contributed by atoms with Gasteiger partial charge < -0.3 is 5.32 Å². The Bertz CT molecular complexity index is 810. The van der Waals surface area contributed by atoms with Crippen LogP contribution in [0, 0.1) is 6.92 Å². The molecule has 0 fully saturated rings. The van der Waals surface area contributed by atoms with E-state index in [1.54, 1.807) is 13.8 Å². The fraction of sp³-hybridized carbons (Fsp3) is 0.278. The number of carbonyl (C=O) groups is 1. The fourth-order valence-corrected chi connectivity index (χ4v) is 3.86. The molecule has 1 N–H and O–H groups in total. The minimum Gasteiger partial charge on any atom is -0.322 e. The standard InChI is InChI=1S/C18H22N2O3S/c1-4-20(5-2)24(22,23)16-12-10-15(11-13-16)18(21)19-17-9-7-6-8-14(17)3/h6-13H,4-5H2,1-3H3,(H,19,21). The highest BCUT2D eigenvalue weighted by atomic mass is 32.2. The molecule has 1 amide bonds. The fourth-order valence-electron chi connectivity index (χ4n) is 2.40. The lowest BCUT2D eigenvalue weighted by Crippen LogP contribution is -2.30. The number of nitrogens with one attached hydrogen (secondary N) is 1. The van der Waals surface area contributed by atoms with Crippen LogP contribution in [0.5, 0.6) is 0 Å². The van der Waals surface area contributed by atoms with Gasteiger partial charge in [0, 0.05) is 24.3 Å². The Kier molecular flexibility index (Phi) is 5.75. The van der Waals surface area contributed by atoms with E-state index in [1.165, 1.54) is 28.6 Å². The molecular formula is C18H22N2O3S. The highest BCUT2D eigenvalue weighted by Crippen LogP contribution is 2.18. The molecule has 24 heavy (non-hydrogen) atoms. The molecule has 0 atom stereocenters. The molecule has 0 aliphatic rings. The zero-order valence-electron chi connectivity index (χ0n) is 14.1. The Morgan fingerprint density at radius 2 is 1.58 bits per heavy atom. The normalized spacial score (nSPS) is 11.5. The predicted molar refractivity (Wildman–Crippen MR) is 95.7 cm³/mol. The first kappa shape index (κ1) is 18.2. The summed E-state index contributed by atoms with van der Waals surface area (Å²) in [6, 6.07) is 13.5. The Labute approximate surface area is 143 Å². The van der Waals surface area contributed by atoms with Crippen molar-refractivity contribution >= 4 is 21.6 Å². The van der Waals surface area contributed by atoms with Gasteiger partial charge >= 0.3 is 0 Å². The number of anilines is 1. The highest BCUT2D eigenvalue weighted by molar-refractivity contribution is 7.89. The predicted octanol–water partition coefficient (Wildman–Crippen LogP) is 3.28. The van der Waals surface area contributed by atoms with Crippen molar-refractivity contribution in [3.63, 3.8) is 0 Å². The molecule has 2 aromatic carbocycles. The largest absolute Gasteiger partial charge is 0.322 e. The zero-order chi connectivity index (χ0) is 17.7. The molecule has 0 saturated carbocycles. The van der Waals surface area contributed by atoms with E-state index in [9.17, 15) is 13.2 Å². The molecule has 128 valence electrons. The van der Waals surface area contributed by atoms with Crippen molar-refractivity contribution in [3.05, 3.63) is 59.7 Å². The van der Waals surface area contributed by atoms with Crippen molar-refractivity contribution in [3.8, 4) is 0 Å². The van der Waals surface area contributed by atoms with E-state index < -0.39 is 10.0 Å². The molecule has 0 spiro atoms. The number of sulfonamides is 1. The summed E-state index contributed by atoms with van der Waals surface area (Å²) in [7, 11) is -3.51. The van der Waals surface area contributed by atoms with Crippen LogP contribution in [0.15, 0.2) is 53.4 Å². The van der Waals surface area contributed by atoms with E-state index in [4.69, 9.17) is 0 Å². The average molecular weight is 346 g/mol. The number of aryl methyl sites for hydroxylation is 1. The second-order valence-corrected chi connectivity index (χ2v) is 7.32. The number of carbonyl (C=O) groups excluding carboxylic acids is 1. The van der Waals surface area contributed by atoms with Gasteiger partial charge in [-0.2, -0.15) is 4.31 Å². The van der Waals surface area contributed by atoms with Gasteiger partial charge in [-0.25, -0.2) is 8.42 Å². The summed E-state index contributed by atoms with van der Waals surface area (Å²) in [5.41, 5.74) is 2.12. The molecule has 6 heteroatoms. The molecule has 0 unspecified atom stereocenters. The highest BCUT2D eigenvalue weighted by Gasteiger charge is 2.21. The Morgan fingerprint density at radius 3 is 2.12 bits per heavy atom. The summed E-state index contributed by atoms with van der Waals surface area (Å²) in [6.45, 7) is 6.33. The van der Waals surface area contributed by atoms with Crippen LogP contribution < -0.4 is 5.32 Å². The number of hydrogen-bond donors (Lipinski definition) is 1. The van der Waals surface area contributed by atoms with Gasteiger partial charge in [-0.1, -0.05) is 32.0 Å². The van der Waals surface area contributed by atoms with Crippen LogP contribution in [-0.2, 0) is 10.0 Å². The van der Waals surface area contributed by atoms with Crippen molar-refractivity contribution in [2.75, 3.05) is 18.4 Å². The molecule has 0 bridgehead atoms. The number of rotatable bonds is 6. The average Bonchev–Trinajstić information content (AvgIpc) is 2.58. The van der Waals surface area contributed by atoms with E-state index >= 15 is 0 Å². The van der Waals surface area contributed by atoms with Gasteiger partial charge in [0.05, 0.1) is 4.90 Å². The van der Waals surface area contributed by atoms with Crippen molar-refractivity contribution in [2.24, 2.45) is 0 Å². The smallest absolute Gasteiger partial charge is 0.255 e. The van der Waals surface area contributed by atoms with Crippen molar-refractivity contribution in [1.29, 1.82) is 0 Å². The molecule has 0 saturated heterocycles. The van der Waals surface area contributed by atoms with Gasteiger partial charge in [-0.3, -0.25) is 4.79 Å². The lowest BCUT2D eigenvalue weighted by molar-refractivity contribution is 0.102. The first-order valence-electron chi connectivity index (χ1n) is 7.87. The van der Waals surface area contributed by atoms with Gasteiger partial charge in [-0.05, 0) is 42.8 Å². The van der Waals surface area contributed by atoms with Crippen LogP contribution in [0.2, 0.25) is 0 Å². The van der Waals surface area contributed by atoms with E-state index in [2.05, 4.69) is 5.32 Å². The lowest BCUT2D eigenvalue weighted by atomic mass is 10.1. The van der Waals surface area contributed by atoms with Crippen LogP contribution in [0.4, 0.5) is 5.69 Å². The SMILES string of the molecule is CCN(CC)S(=O)(=O)c1ccc(C(=O)Nc2ccccc2C)cc1. The van der Waals surface area contributed by atoms with E-state index in [0.717, 1.165) is 11.3 Å². The Balaban J connectivity index is 2.20. The number of hydrogen-bond acceptors (Lipinski definition) is 3. The summed E-state index contributed by atoms with van der Waals surface area (Å²) >= 11 is 0. The third kappa shape index (κ3) is 3.83. The molecule has 2 rings (SSSR count). The first-order chi connectivity index (χ1) is 11.4. The molecule has 5 nitrogen and oxygen atoms in total. The van der Waals surface area contributed by atoms with Gasteiger partial charge in [0.25, 0.3) is 5.91 Å². The minimum atomic E-state index is -3.51. The maximum atomic E-state index is 12.4. The minimum absolute atomic E-state index is 0.193. The molecule has 0 heterocycles. The molecule has 0 aliphatic heterocycles. The molecule has 0 aromatic heterocycles. The number of amides is 1. The second-order valence-electron chi connectivity index (χ2n) is 5.38. The summed E-state index contributed by atoms with van der Waals surface area (Å²) in [5.74, 6) is -0.268. The van der Waals surface area contributed by atoms with E-state index in [0.29, 0.717) is 18.7 Å². The van der Waals surface area contributed by atoms with E-state index in [1.807, 2.05) is 31.2 Å². The van der Waals surface area contributed by atoms with Crippen molar-refractivity contribution < 1.29 is 13.2 Å². The van der Waals surface area contributed by atoms with Crippen molar-refractivity contribution in [1.82, 2.24) is 4.31 Å². The quantitative estimate of drug-likeness (QED) is 0.873. The van der Waals surface area contributed by atoms with Crippen LogP contribution in [0.3, 0.4) is 0 Å². The summed E-state index contributed by atoms with van der Waals surface area (Å²) in [4.78, 5) is 12.5. The monoisotopic (exact) mass is 346 g/mol. The lowest BCUT2D eigenvalue weighted by Gasteiger charge is -2.18. The summed E-state index contributed by atoms with van der Waals surface area (Å²) < 4.78 is 26.3. The summed E-state index contributed by atoms with van der Waals surface area (Å²) in [5, 5.41) is 2.83. The van der Waals surface area contributed by atoms with Gasteiger partial charge in [0.1, 0.15) is 0 Å². The third-order valence-electron chi connectivity index (χ3n) is 3.85. The van der Waals surface area contributed by atoms with E-state index in [-0.39, 0.29) is 10.8 Å². The Hall–Kier alpha value is -2.18. The van der Waals surface area contributed by atoms with Crippen molar-refractivity contribution in [2.45, 2.75) is 25.7 Å². The van der Waals surface area contributed by atoms with Crippen LogP contribution in [0.25, 0.3) is 0 Å². The molecule has 0 aliphatic carbocycles. The maximum absolute atomic E-state index is 12.4. The number of para-hydroxylation sites is 1. The third-order valence-corrected chi connectivity index (χ3v) is 5.92. The Morgan fingerprint density at radius 1 is 1.00 bits per heavy atom. The number of nitrogens with zero attached hydrogens (tertiary/aromatic N) is 1. The first-order valence-corrected chi connectivity index (χ1v) is 9.31. The van der Waals surface area contributed by atoms with Crippen LogP contribution >= 0.6 is 0 Å². The van der Waals surface area contributed by atoms with Crippen LogP contribution in [-0.4, -0.2) is 31.7 Å². The molecule has 2 aromatic rings. The molecule has 0 radical (unpaired) electrons. The number of benzene rings is 2. The zero-order valence-corrected chi connectivity index (χ0v) is 14.9. The molecular weight excluding hydrogens is 324 g/mol. The summed E-state index contributed by atoms with van der Waals surface area (Å²) in [6.07, 6.45) is 0. The van der Waals surface area contributed by atoms with Gasteiger partial charge in [0.15, 0.2) is 0 Å². The topological polar surface area (TPSA) is 66.5 Å². The van der Waals surface area contributed by atoms with Gasteiger partial charge in [0.2, 0.25) is 10.0 Å². The van der Waals surface area contributed by atoms with Gasteiger partial charge in [-0.15, -0.1) is 0 Å². The second kappa shape index (κ2) is 7.59. The maximum Gasteiger partial charge on any atom is 0.255 e. The van der Waals surface area contributed by atoms with Crippen LogP contribution in [0.1, 0.15) is 29.8 Å².